The summed E-state index contributed by atoms with van der Waals surface area (Å²) in [6, 6.07) is 10.4. The van der Waals surface area contributed by atoms with Crippen LogP contribution in [-0.4, -0.2) is 6.36 Å². The van der Waals surface area contributed by atoms with Gasteiger partial charge in [0.15, 0.2) is 0 Å². The van der Waals surface area contributed by atoms with Crippen LogP contribution in [0.3, 0.4) is 0 Å². The molecule has 0 radical (unpaired) electrons. The van der Waals surface area contributed by atoms with Gasteiger partial charge in [-0.2, -0.15) is 0 Å². The highest BCUT2D eigenvalue weighted by Crippen LogP contribution is 2.38. The van der Waals surface area contributed by atoms with Crippen LogP contribution in [0.2, 0.25) is 5.02 Å². The second-order valence-corrected chi connectivity index (χ2v) is 4.19. The van der Waals surface area contributed by atoms with Crippen LogP contribution in [-0.2, 0) is 0 Å². The van der Waals surface area contributed by atoms with Crippen LogP contribution in [0.5, 0.6) is 5.75 Å². The average molecular weight is 288 g/mol. The summed E-state index contributed by atoms with van der Waals surface area (Å²) in [5, 5.41) is 0.320. The van der Waals surface area contributed by atoms with Gasteiger partial charge in [-0.15, -0.1) is 13.2 Å². The molecule has 0 fully saturated rings. The fourth-order valence-corrected chi connectivity index (χ4v) is 1.89. The van der Waals surface area contributed by atoms with Crippen molar-refractivity contribution in [2.45, 2.75) is 6.36 Å². The summed E-state index contributed by atoms with van der Waals surface area (Å²) in [5.41, 5.74) is 6.55. The first-order valence-electron chi connectivity index (χ1n) is 5.27. The number of ether oxygens (including phenoxy) is 1. The van der Waals surface area contributed by atoms with Crippen LogP contribution < -0.4 is 10.5 Å². The quantitative estimate of drug-likeness (QED) is 0.826. The monoisotopic (exact) mass is 287 g/mol. The number of rotatable bonds is 2. The Kier molecular flexibility index (Phi) is 3.57. The molecule has 2 nitrogen and oxygen atoms in total. The molecule has 0 atom stereocenters. The zero-order valence-electron chi connectivity index (χ0n) is 9.54. The van der Waals surface area contributed by atoms with E-state index < -0.39 is 6.36 Å². The molecular weight excluding hydrogens is 279 g/mol. The summed E-state index contributed by atoms with van der Waals surface area (Å²) < 4.78 is 41.0. The molecule has 100 valence electrons. The van der Waals surface area contributed by atoms with Crippen molar-refractivity contribution >= 4 is 17.3 Å². The van der Waals surface area contributed by atoms with E-state index in [0.29, 0.717) is 16.3 Å². The molecule has 0 unspecified atom stereocenters. The molecule has 0 aliphatic carbocycles. The first-order chi connectivity index (χ1) is 8.87. The minimum atomic E-state index is -4.77. The van der Waals surface area contributed by atoms with Crippen molar-refractivity contribution in [2.24, 2.45) is 0 Å². The van der Waals surface area contributed by atoms with Crippen LogP contribution >= 0.6 is 11.6 Å². The number of halogens is 4. The van der Waals surface area contributed by atoms with Gasteiger partial charge in [0, 0.05) is 21.8 Å². The number of hydrogen-bond donors (Lipinski definition) is 1. The van der Waals surface area contributed by atoms with Gasteiger partial charge in [-0.25, -0.2) is 0 Å². The van der Waals surface area contributed by atoms with E-state index in [2.05, 4.69) is 4.74 Å². The Morgan fingerprint density at radius 1 is 1.00 bits per heavy atom. The van der Waals surface area contributed by atoms with E-state index in [1.54, 1.807) is 24.3 Å². The summed E-state index contributed by atoms with van der Waals surface area (Å²) in [5.74, 6) is -0.338. The molecule has 0 aliphatic heterocycles. The predicted molar refractivity (Wildman–Crippen MR) is 68.0 cm³/mol. The Balaban J connectivity index is 2.55. The maximum absolute atomic E-state index is 12.4. The highest BCUT2D eigenvalue weighted by Gasteiger charge is 2.32. The van der Waals surface area contributed by atoms with Gasteiger partial charge in [0.2, 0.25) is 0 Å². The summed E-state index contributed by atoms with van der Waals surface area (Å²) in [7, 11) is 0. The minimum Gasteiger partial charge on any atom is -0.405 e. The van der Waals surface area contributed by atoms with Crippen LogP contribution in [0, 0.1) is 0 Å². The SMILES string of the molecule is Nc1ccc(OC(F)(F)F)c(-c2ccccc2Cl)c1. The summed E-state index contributed by atoms with van der Waals surface area (Å²) in [4.78, 5) is 0. The van der Waals surface area contributed by atoms with Crippen molar-refractivity contribution in [3.05, 3.63) is 47.5 Å². The molecule has 0 saturated carbocycles. The molecule has 0 amide bonds. The molecule has 2 N–H and O–H groups in total. The molecule has 0 bridgehead atoms. The van der Waals surface area contributed by atoms with E-state index in [1.165, 1.54) is 18.2 Å². The third-order valence-corrected chi connectivity index (χ3v) is 2.72. The van der Waals surface area contributed by atoms with Gasteiger partial charge in [0.05, 0.1) is 0 Å². The van der Waals surface area contributed by atoms with Crippen LogP contribution in [0.1, 0.15) is 0 Å². The Labute approximate surface area is 112 Å². The number of benzene rings is 2. The zero-order chi connectivity index (χ0) is 14.0. The Hall–Kier alpha value is -1.88. The summed E-state index contributed by atoms with van der Waals surface area (Å²) in [6.07, 6.45) is -4.77. The topological polar surface area (TPSA) is 35.2 Å². The van der Waals surface area contributed by atoms with E-state index in [9.17, 15) is 13.2 Å². The van der Waals surface area contributed by atoms with Crippen LogP contribution in [0.25, 0.3) is 11.1 Å². The molecule has 0 saturated heterocycles. The summed E-state index contributed by atoms with van der Waals surface area (Å²) in [6.45, 7) is 0. The maximum Gasteiger partial charge on any atom is 0.573 e. The Morgan fingerprint density at radius 2 is 1.68 bits per heavy atom. The average Bonchev–Trinajstić information content (AvgIpc) is 2.31. The molecule has 0 aliphatic rings. The van der Waals surface area contributed by atoms with Gasteiger partial charge in [-0.05, 0) is 24.3 Å². The smallest absolute Gasteiger partial charge is 0.405 e. The van der Waals surface area contributed by atoms with Crippen molar-refractivity contribution in [2.75, 3.05) is 5.73 Å². The third-order valence-electron chi connectivity index (χ3n) is 2.39. The fourth-order valence-electron chi connectivity index (χ4n) is 1.65. The minimum absolute atomic E-state index is 0.197. The molecular formula is C13H9ClF3NO. The van der Waals surface area contributed by atoms with E-state index >= 15 is 0 Å². The van der Waals surface area contributed by atoms with Gasteiger partial charge in [0.25, 0.3) is 0 Å². The van der Waals surface area contributed by atoms with E-state index in [0.717, 1.165) is 0 Å². The van der Waals surface area contributed by atoms with Crippen molar-refractivity contribution in [1.29, 1.82) is 0 Å². The fraction of sp³-hybridized carbons (Fsp3) is 0.0769. The second kappa shape index (κ2) is 5.01. The number of nitrogen functional groups attached to an aromatic ring is 1. The number of alkyl halides is 3. The van der Waals surface area contributed by atoms with Crippen molar-refractivity contribution in [3.8, 4) is 16.9 Å². The molecule has 0 spiro atoms. The van der Waals surface area contributed by atoms with Crippen LogP contribution in [0.4, 0.5) is 18.9 Å². The molecule has 2 aromatic rings. The number of hydrogen-bond acceptors (Lipinski definition) is 2. The molecule has 0 aromatic heterocycles. The number of anilines is 1. The molecule has 0 heterocycles. The van der Waals surface area contributed by atoms with E-state index in [4.69, 9.17) is 17.3 Å². The van der Waals surface area contributed by atoms with Gasteiger partial charge in [-0.3, -0.25) is 0 Å². The highest BCUT2D eigenvalue weighted by molar-refractivity contribution is 6.33. The predicted octanol–water partition coefficient (Wildman–Crippen LogP) is 4.49. The molecule has 2 aromatic carbocycles. The Bertz CT molecular complexity index is 599. The molecule has 19 heavy (non-hydrogen) atoms. The number of nitrogens with two attached hydrogens (primary N) is 1. The highest BCUT2D eigenvalue weighted by atomic mass is 35.5. The van der Waals surface area contributed by atoms with E-state index in [1.807, 2.05) is 0 Å². The lowest BCUT2D eigenvalue weighted by Crippen LogP contribution is -2.17. The summed E-state index contributed by atoms with van der Waals surface area (Å²) >= 11 is 5.98. The normalized spacial score (nSPS) is 11.4. The van der Waals surface area contributed by atoms with Crippen molar-refractivity contribution < 1.29 is 17.9 Å². The van der Waals surface area contributed by atoms with Crippen molar-refractivity contribution in [1.82, 2.24) is 0 Å². The lowest BCUT2D eigenvalue weighted by molar-refractivity contribution is -0.274. The second-order valence-electron chi connectivity index (χ2n) is 3.78. The standard InChI is InChI=1S/C13H9ClF3NO/c14-11-4-2-1-3-9(11)10-7-8(18)5-6-12(10)19-13(15,16)17/h1-7H,18H2. The molecule has 2 rings (SSSR count). The van der Waals surface area contributed by atoms with Gasteiger partial charge < -0.3 is 10.5 Å². The van der Waals surface area contributed by atoms with Crippen LogP contribution in [0.15, 0.2) is 42.5 Å². The van der Waals surface area contributed by atoms with E-state index in [-0.39, 0.29) is 11.3 Å². The lowest BCUT2D eigenvalue weighted by Gasteiger charge is -2.14. The molecule has 6 heteroatoms. The first kappa shape index (κ1) is 13.5. The Morgan fingerprint density at radius 3 is 2.32 bits per heavy atom. The van der Waals surface area contributed by atoms with Crippen molar-refractivity contribution in [3.63, 3.8) is 0 Å². The van der Waals surface area contributed by atoms with Gasteiger partial charge in [-0.1, -0.05) is 29.8 Å². The maximum atomic E-state index is 12.4. The third kappa shape index (κ3) is 3.32. The largest absolute Gasteiger partial charge is 0.573 e. The van der Waals surface area contributed by atoms with Gasteiger partial charge in [0.1, 0.15) is 5.75 Å². The zero-order valence-corrected chi connectivity index (χ0v) is 10.3. The first-order valence-corrected chi connectivity index (χ1v) is 5.65. The van der Waals surface area contributed by atoms with Gasteiger partial charge >= 0.3 is 6.36 Å². The lowest BCUT2D eigenvalue weighted by atomic mass is 10.0.